The molecule has 0 spiro atoms. The summed E-state index contributed by atoms with van der Waals surface area (Å²) >= 11 is 0. The summed E-state index contributed by atoms with van der Waals surface area (Å²) in [5.74, 6) is 0.419. The number of rotatable bonds is 5. The van der Waals surface area contributed by atoms with Gasteiger partial charge in [-0.3, -0.25) is 4.90 Å². The molecule has 29 heavy (non-hydrogen) atoms. The van der Waals surface area contributed by atoms with Gasteiger partial charge in [0.25, 0.3) is 0 Å². The molecule has 2 heterocycles. The summed E-state index contributed by atoms with van der Waals surface area (Å²) in [6, 6.07) is 14.7. The van der Waals surface area contributed by atoms with E-state index in [0.29, 0.717) is 18.9 Å². The lowest BCUT2D eigenvalue weighted by Gasteiger charge is -2.35. The standard InChI is InChI=1S/C23H28FN3O2/c24-20-7-9-22(10-8-20)29-15-14-26-12-3-6-21(17-26)25-23(28)27-13-11-18-4-1-2-5-19(18)16-27/h1-2,4-5,7-10,21H,3,6,11-17H2,(H,25,28). The topological polar surface area (TPSA) is 44.8 Å². The number of carbonyl (C=O) groups excluding carboxylic acids is 1. The van der Waals surface area contributed by atoms with Crippen LogP contribution in [-0.2, 0) is 13.0 Å². The van der Waals surface area contributed by atoms with Crippen molar-refractivity contribution >= 4 is 6.03 Å². The number of hydrogen-bond acceptors (Lipinski definition) is 3. The Balaban J connectivity index is 1.22. The first-order valence-corrected chi connectivity index (χ1v) is 10.4. The molecule has 4 rings (SSSR count). The minimum Gasteiger partial charge on any atom is -0.492 e. The molecule has 0 saturated carbocycles. The van der Waals surface area contributed by atoms with Gasteiger partial charge in [-0.25, -0.2) is 9.18 Å². The number of amides is 2. The van der Waals surface area contributed by atoms with Crippen LogP contribution in [0.3, 0.4) is 0 Å². The second-order valence-electron chi connectivity index (χ2n) is 7.83. The molecule has 5 nitrogen and oxygen atoms in total. The van der Waals surface area contributed by atoms with Crippen molar-refractivity contribution < 1.29 is 13.9 Å². The summed E-state index contributed by atoms with van der Waals surface area (Å²) in [5, 5.41) is 3.23. The zero-order chi connectivity index (χ0) is 20.1. The van der Waals surface area contributed by atoms with Gasteiger partial charge in [0.2, 0.25) is 0 Å². The zero-order valence-electron chi connectivity index (χ0n) is 16.6. The number of likely N-dealkylation sites (tertiary alicyclic amines) is 1. The molecule has 1 fully saturated rings. The molecular weight excluding hydrogens is 369 g/mol. The van der Waals surface area contributed by atoms with Gasteiger partial charge in [0.15, 0.2) is 0 Å². The lowest BCUT2D eigenvalue weighted by Crippen LogP contribution is -2.52. The molecule has 1 saturated heterocycles. The van der Waals surface area contributed by atoms with Gasteiger partial charge in [-0.15, -0.1) is 0 Å². The van der Waals surface area contributed by atoms with Crippen molar-refractivity contribution in [3.8, 4) is 5.75 Å². The predicted octanol–water partition coefficient (Wildman–Crippen LogP) is 3.44. The molecular formula is C23H28FN3O2. The van der Waals surface area contributed by atoms with Crippen LogP contribution in [0.5, 0.6) is 5.75 Å². The monoisotopic (exact) mass is 397 g/mol. The fourth-order valence-corrected chi connectivity index (χ4v) is 4.13. The molecule has 0 aromatic heterocycles. The van der Waals surface area contributed by atoms with E-state index in [-0.39, 0.29) is 17.9 Å². The summed E-state index contributed by atoms with van der Waals surface area (Å²) in [6.45, 7) is 4.64. The Kier molecular flexibility index (Phi) is 6.30. The molecule has 0 radical (unpaired) electrons. The zero-order valence-corrected chi connectivity index (χ0v) is 16.6. The highest BCUT2D eigenvalue weighted by Gasteiger charge is 2.25. The third-order valence-corrected chi connectivity index (χ3v) is 5.74. The molecule has 154 valence electrons. The number of fused-ring (bicyclic) bond motifs is 1. The van der Waals surface area contributed by atoms with Gasteiger partial charge >= 0.3 is 6.03 Å². The van der Waals surface area contributed by atoms with Crippen molar-refractivity contribution in [3.05, 3.63) is 65.5 Å². The maximum Gasteiger partial charge on any atom is 0.317 e. The quantitative estimate of drug-likeness (QED) is 0.841. The van der Waals surface area contributed by atoms with E-state index in [4.69, 9.17) is 4.74 Å². The van der Waals surface area contributed by atoms with Gasteiger partial charge in [0.1, 0.15) is 18.2 Å². The Morgan fingerprint density at radius 2 is 1.90 bits per heavy atom. The minimum atomic E-state index is -0.260. The molecule has 0 aliphatic carbocycles. The number of hydrogen-bond donors (Lipinski definition) is 1. The van der Waals surface area contributed by atoms with Crippen LogP contribution >= 0.6 is 0 Å². The lowest BCUT2D eigenvalue weighted by molar-refractivity contribution is 0.148. The van der Waals surface area contributed by atoms with Crippen LogP contribution in [0.2, 0.25) is 0 Å². The summed E-state index contributed by atoms with van der Waals surface area (Å²) < 4.78 is 18.7. The molecule has 6 heteroatoms. The number of piperidine rings is 1. The first kappa shape index (κ1) is 19.7. The van der Waals surface area contributed by atoms with Crippen LogP contribution < -0.4 is 10.1 Å². The van der Waals surface area contributed by atoms with E-state index >= 15 is 0 Å². The Labute approximate surface area is 171 Å². The Morgan fingerprint density at radius 3 is 2.72 bits per heavy atom. The van der Waals surface area contributed by atoms with Gasteiger partial charge in [-0.1, -0.05) is 24.3 Å². The SMILES string of the molecule is O=C(NC1CCCN(CCOc2ccc(F)cc2)C1)N1CCc2ccccc2C1. The van der Waals surface area contributed by atoms with Crippen LogP contribution in [0.25, 0.3) is 0 Å². The van der Waals surface area contributed by atoms with Gasteiger partial charge in [-0.05, 0) is 61.2 Å². The average Bonchev–Trinajstić information content (AvgIpc) is 2.75. The highest BCUT2D eigenvalue weighted by atomic mass is 19.1. The van der Waals surface area contributed by atoms with Gasteiger partial charge in [0.05, 0.1) is 0 Å². The predicted molar refractivity (Wildman–Crippen MR) is 110 cm³/mol. The van der Waals surface area contributed by atoms with Gasteiger partial charge in [0, 0.05) is 32.2 Å². The highest BCUT2D eigenvalue weighted by molar-refractivity contribution is 5.75. The number of ether oxygens (including phenoxy) is 1. The number of benzene rings is 2. The number of nitrogens with zero attached hydrogens (tertiary/aromatic N) is 2. The number of halogens is 1. The van der Waals surface area contributed by atoms with Crippen LogP contribution in [0.4, 0.5) is 9.18 Å². The van der Waals surface area contributed by atoms with E-state index in [2.05, 4.69) is 28.4 Å². The third-order valence-electron chi connectivity index (χ3n) is 5.74. The molecule has 2 aliphatic heterocycles. The van der Waals surface area contributed by atoms with Crippen molar-refractivity contribution in [2.24, 2.45) is 0 Å². The normalized spacial score (nSPS) is 19.5. The number of carbonyl (C=O) groups is 1. The summed E-state index contributed by atoms with van der Waals surface area (Å²) in [4.78, 5) is 17.0. The van der Waals surface area contributed by atoms with Crippen LogP contribution in [0.1, 0.15) is 24.0 Å². The van der Waals surface area contributed by atoms with Gasteiger partial charge in [-0.2, -0.15) is 0 Å². The van der Waals surface area contributed by atoms with E-state index in [1.807, 2.05) is 11.0 Å². The molecule has 2 amide bonds. The molecule has 1 atom stereocenters. The Hall–Kier alpha value is -2.60. The lowest BCUT2D eigenvalue weighted by atomic mass is 10.0. The summed E-state index contributed by atoms with van der Waals surface area (Å²) in [5.41, 5.74) is 2.60. The summed E-state index contributed by atoms with van der Waals surface area (Å²) in [6.07, 6.45) is 2.98. The van der Waals surface area contributed by atoms with Gasteiger partial charge < -0.3 is 15.0 Å². The van der Waals surface area contributed by atoms with E-state index < -0.39 is 0 Å². The van der Waals surface area contributed by atoms with Crippen molar-refractivity contribution in [2.75, 3.05) is 32.8 Å². The molecule has 2 aromatic carbocycles. The van der Waals surface area contributed by atoms with Crippen molar-refractivity contribution in [1.82, 2.24) is 15.1 Å². The maximum atomic E-state index is 13.0. The molecule has 0 bridgehead atoms. The van der Waals surface area contributed by atoms with E-state index in [1.165, 1.54) is 23.3 Å². The molecule has 1 N–H and O–H groups in total. The third kappa shape index (κ3) is 5.26. The highest BCUT2D eigenvalue weighted by Crippen LogP contribution is 2.19. The van der Waals surface area contributed by atoms with Crippen molar-refractivity contribution in [1.29, 1.82) is 0 Å². The maximum absolute atomic E-state index is 13.0. The second-order valence-corrected chi connectivity index (χ2v) is 7.83. The Bertz CT molecular complexity index is 827. The largest absolute Gasteiger partial charge is 0.492 e. The van der Waals surface area contributed by atoms with Crippen LogP contribution in [0.15, 0.2) is 48.5 Å². The first-order chi connectivity index (χ1) is 14.2. The number of urea groups is 1. The van der Waals surface area contributed by atoms with Crippen molar-refractivity contribution in [2.45, 2.75) is 31.8 Å². The smallest absolute Gasteiger partial charge is 0.317 e. The van der Waals surface area contributed by atoms with E-state index in [1.54, 1.807) is 12.1 Å². The van der Waals surface area contributed by atoms with Crippen LogP contribution in [-0.4, -0.2) is 54.7 Å². The molecule has 2 aromatic rings. The molecule has 1 unspecified atom stereocenters. The molecule has 2 aliphatic rings. The van der Waals surface area contributed by atoms with E-state index in [9.17, 15) is 9.18 Å². The first-order valence-electron chi connectivity index (χ1n) is 10.4. The fraction of sp³-hybridized carbons (Fsp3) is 0.435. The van der Waals surface area contributed by atoms with E-state index in [0.717, 1.165) is 45.4 Å². The fourth-order valence-electron chi connectivity index (χ4n) is 4.13. The minimum absolute atomic E-state index is 0.0360. The second kappa shape index (κ2) is 9.27. The number of nitrogens with one attached hydrogen (secondary N) is 1. The van der Waals surface area contributed by atoms with Crippen LogP contribution in [0, 0.1) is 5.82 Å². The average molecular weight is 397 g/mol. The summed E-state index contributed by atoms with van der Waals surface area (Å²) in [7, 11) is 0. The Morgan fingerprint density at radius 1 is 1.10 bits per heavy atom. The van der Waals surface area contributed by atoms with Crippen molar-refractivity contribution in [3.63, 3.8) is 0 Å².